The SMILES string of the molecule is c1ccc(-c2cc(-c3cccc(-c4cc(-c5ccccc5)nc(-c5ccccc5)c4)c3)cc(-c3cccc(-c4cc(-c5ccccc5)nc(-c5ccccc5)n4)c3)c2)cc1. The Hall–Kier alpha value is -8.01. The Morgan fingerprint density at radius 1 is 0.167 bits per heavy atom. The molecule has 0 unspecified atom stereocenters. The summed E-state index contributed by atoms with van der Waals surface area (Å²) in [6.45, 7) is 0. The van der Waals surface area contributed by atoms with Gasteiger partial charge in [-0.15, -0.1) is 0 Å². The first-order valence-electron chi connectivity index (χ1n) is 20.3. The highest BCUT2D eigenvalue weighted by Gasteiger charge is 2.14. The third kappa shape index (κ3) is 7.80. The minimum atomic E-state index is 0.701. The molecule has 0 aliphatic heterocycles. The summed E-state index contributed by atoms with van der Waals surface area (Å²) in [7, 11) is 0. The Kier molecular flexibility index (Phi) is 9.97. The lowest BCUT2D eigenvalue weighted by atomic mass is 9.91. The molecule has 0 amide bonds. The van der Waals surface area contributed by atoms with Gasteiger partial charge in [-0.25, -0.2) is 15.0 Å². The van der Waals surface area contributed by atoms with E-state index in [-0.39, 0.29) is 0 Å². The van der Waals surface area contributed by atoms with Crippen molar-refractivity contribution in [1.82, 2.24) is 15.0 Å². The van der Waals surface area contributed by atoms with Crippen LogP contribution in [0.25, 0.3) is 101 Å². The molecule has 0 aliphatic carbocycles. The van der Waals surface area contributed by atoms with Crippen LogP contribution in [0.4, 0.5) is 0 Å². The quantitative estimate of drug-likeness (QED) is 0.147. The van der Waals surface area contributed by atoms with Gasteiger partial charge in [-0.2, -0.15) is 0 Å². The molecule has 2 aromatic heterocycles. The molecule has 3 heteroatoms. The van der Waals surface area contributed by atoms with Crippen LogP contribution in [-0.4, -0.2) is 15.0 Å². The molecule has 0 bridgehead atoms. The van der Waals surface area contributed by atoms with Crippen molar-refractivity contribution in [3.63, 3.8) is 0 Å². The Morgan fingerprint density at radius 3 is 0.900 bits per heavy atom. The molecule has 60 heavy (non-hydrogen) atoms. The minimum absolute atomic E-state index is 0.701. The predicted molar refractivity (Wildman–Crippen MR) is 249 cm³/mol. The van der Waals surface area contributed by atoms with Crippen molar-refractivity contribution in [2.24, 2.45) is 0 Å². The number of rotatable bonds is 9. The standard InChI is InChI=1S/C57H39N3/c1-6-18-40(19-7-1)49-34-50(45-28-16-29-46(32-45)52-37-53(41-20-8-2-9-21-41)58-54(38-52)42-22-10-3-11-23-42)36-51(35-49)47-30-17-31-48(33-47)56-39-55(43-24-12-4-13-25-43)59-57(60-56)44-26-14-5-15-27-44/h1-39H. The summed E-state index contributed by atoms with van der Waals surface area (Å²) in [6.07, 6.45) is 0. The van der Waals surface area contributed by atoms with E-state index in [0.29, 0.717) is 5.82 Å². The molecule has 8 aromatic carbocycles. The number of hydrogen-bond acceptors (Lipinski definition) is 3. The number of benzene rings is 8. The van der Waals surface area contributed by atoms with Crippen molar-refractivity contribution in [2.75, 3.05) is 0 Å². The van der Waals surface area contributed by atoms with Gasteiger partial charge >= 0.3 is 0 Å². The van der Waals surface area contributed by atoms with Gasteiger partial charge in [0.05, 0.1) is 22.8 Å². The van der Waals surface area contributed by atoms with Crippen LogP contribution in [0.5, 0.6) is 0 Å². The van der Waals surface area contributed by atoms with E-state index < -0.39 is 0 Å². The third-order valence-corrected chi connectivity index (χ3v) is 10.9. The van der Waals surface area contributed by atoms with Crippen molar-refractivity contribution in [3.05, 3.63) is 237 Å². The first kappa shape index (κ1) is 36.3. The Bertz CT molecular complexity index is 2750. The van der Waals surface area contributed by atoms with E-state index in [0.717, 1.165) is 95.1 Å². The van der Waals surface area contributed by atoms with Crippen LogP contribution in [0, 0.1) is 0 Å². The zero-order valence-corrected chi connectivity index (χ0v) is 32.9. The molecule has 0 atom stereocenters. The summed E-state index contributed by atoms with van der Waals surface area (Å²) in [5.41, 5.74) is 18.0. The van der Waals surface area contributed by atoms with E-state index in [9.17, 15) is 0 Å². The summed E-state index contributed by atoms with van der Waals surface area (Å²) < 4.78 is 0. The van der Waals surface area contributed by atoms with Gasteiger partial charge in [-0.3, -0.25) is 0 Å². The lowest BCUT2D eigenvalue weighted by molar-refractivity contribution is 1.18. The van der Waals surface area contributed by atoms with E-state index in [1.807, 2.05) is 48.5 Å². The van der Waals surface area contributed by atoms with Gasteiger partial charge in [0.25, 0.3) is 0 Å². The second-order valence-electron chi connectivity index (χ2n) is 14.9. The Balaban J connectivity index is 1.09. The van der Waals surface area contributed by atoms with Gasteiger partial charge in [-0.1, -0.05) is 188 Å². The van der Waals surface area contributed by atoms with Crippen molar-refractivity contribution in [3.8, 4) is 101 Å². The van der Waals surface area contributed by atoms with E-state index in [1.165, 1.54) is 0 Å². The van der Waals surface area contributed by atoms with E-state index in [4.69, 9.17) is 15.0 Å². The molecule has 10 rings (SSSR count). The molecule has 0 fully saturated rings. The monoisotopic (exact) mass is 765 g/mol. The fourth-order valence-corrected chi connectivity index (χ4v) is 7.77. The lowest BCUT2D eigenvalue weighted by Gasteiger charge is -2.14. The van der Waals surface area contributed by atoms with Crippen LogP contribution >= 0.6 is 0 Å². The molecule has 0 spiro atoms. The third-order valence-electron chi connectivity index (χ3n) is 10.9. The average Bonchev–Trinajstić information content (AvgIpc) is 3.35. The fourth-order valence-electron chi connectivity index (χ4n) is 7.77. The summed E-state index contributed by atoms with van der Waals surface area (Å²) >= 11 is 0. The maximum Gasteiger partial charge on any atom is 0.160 e. The second kappa shape index (κ2) is 16.5. The maximum absolute atomic E-state index is 5.14. The first-order chi connectivity index (χ1) is 29.7. The van der Waals surface area contributed by atoms with E-state index in [2.05, 4.69) is 188 Å². The zero-order chi connectivity index (χ0) is 40.1. The molecule has 0 N–H and O–H groups in total. The van der Waals surface area contributed by atoms with E-state index in [1.54, 1.807) is 0 Å². The second-order valence-corrected chi connectivity index (χ2v) is 14.9. The number of aromatic nitrogens is 3. The highest BCUT2D eigenvalue weighted by Crippen LogP contribution is 2.37. The molecular formula is C57H39N3. The molecule has 0 aliphatic rings. The molecule has 3 nitrogen and oxygen atoms in total. The highest BCUT2D eigenvalue weighted by molar-refractivity contribution is 5.85. The number of pyridine rings is 1. The van der Waals surface area contributed by atoms with Gasteiger partial charge < -0.3 is 0 Å². The van der Waals surface area contributed by atoms with Gasteiger partial charge in [0, 0.05) is 27.8 Å². The summed E-state index contributed by atoms with van der Waals surface area (Å²) in [5.74, 6) is 0.701. The molecule has 0 saturated carbocycles. The van der Waals surface area contributed by atoms with Crippen molar-refractivity contribution in [1.29, 1.82) is 0 Å². The predicted octanol–water partition coefficient (Wildman–Crippen LogP) is 14.9. The summed E-state index contributed by atoms with van der Waals surface area (Å²) in [4.78, 5) is 15.3. The fraction of sp³-hybridized carbons (Fsp3) is 0. The van der Waals surface area contributed by atoms with Crippen LogP contribution < -0.4 is 0 Å². The van der Waals surface area contributed by atoms with Crippen LogP contribution in [-0.2, 0) is 0 Å². The molecule has 10 aromatic rings. The number of nitrogens with zero attached hydrogens (tertiary/aromatic N) is 3. The molecule has 282 valence electrons. The van der Waals surface area contributed by atoms with Crippen molar-refractivity contribution in [2.45, 2.75) is 0 Å². The largest absolute Gasteiger partial charge is 0.248 e. The average molecular weight is 766 g/mol. The number of hydrogen-bond donors (Lipinski definition) is 0. The first-order valence-corrected chi connectivity index (χ1v) is 20.3. The molecule has 0 saturated heterocycles. The normalized spacial score (nSPS) is 11.0. The zero-order valence-electron chi connectivity index (χ0n) is 32.9. The molecular weight excluding hydrogens is 727 g/mol. The van der Waals surface area contributed by atoms with Gasteiger partial charge in [0.2, 0.25) is 0 Å². The smallest absolute Gasteiger partial charge is 0.160 e. The van der Waals surface area contributed by atoms with Crippen LogP contribution in [0.3, 0.4) is 0 Å². The van der Waals surface area contributed by atoms with Crippen molar-refractivity contribution >= 4 is 0 Å². The van der Waals surface area contributed by atoms with Crippen LogP contribution in [0.15, 0.2) is 237 Å². The summed E-state index contributed by atoms with van der Waals surface area (Å²) in [5, 5.41) is 0. The minimum Gasteiger partial charge on any atom is -0.248 e. The molecule has 0 radical (unpaired) electrons. The Labute approximate surface area is 351 Å². The highest BCUT2D eigenvalue weighted by atomic mass is 14.9. The van der Waals surface area contributed by atoms with Gasteiger partial charge in [0.15, 0.2) is 5.82 Å². The maximum atomic E-state index is 5.14. The van der Waals surface area contributed by atoms with Gasteiger partial charge in [0.1, 0.15) is 0 Å². The van der Waals surface area contributed by atoms with Crippen LogP contribution in [0.2, 0.25) is 0 Å². The summed E-state index contributed by atoms with van der Waals surface area (Å²) in [6, 6.07) is 83.0. The Morgan fingerprint density at radius 2 is 0.450 bits per heavy atom. The van der Waals surface area contributed by atoms with Crippen molar-refractivity contribution < 1.29 is 0 Å². The van der Waals surface area contributed by atoms with Crippen LogP contribution in [0.1, 0.15) is 0 Å². The topological polar surface area (TPSA) is 38.7 Å². The van der Waals surface area contributed by atoms with E-state index >= 15 is 0 Å². The molecule has 2 heterocycles. The lowest BCUT2D eigenvalue weighted by Crippen LogP contribution is -1.96. The van der Waals surface area contributed by atoms with Gasteiger partial charge in [-0.05, 0) is 93.0 Å².